The van der Waals surface area contributed by atoms with Gasteiger partial charge in [0.15, 0.2) is 0 Å². The van der Waals surface area contributed by atoms with Crippen LogP contribution in [0.5, 0.6) is 5.75 Å². The van der Waals surface area contributed by atoms with Crippen LogP contribution in [0.1, 0.15) is 44.1 Å². The Morgan fingerprint density at radius 2 is 2.07 bits per heavy atom. The zero-order valence-corrected chi connectivity index (χ0v) is 16.7. The predicted molar refractivity (Wildman–Crippen MR) is 110 cm³/mol. The topological polar surface area (TPSA) is 67.6 Å². The molecule has 0 spiro atoms. The number of likely N-dealkylation sites (tertiary alicyclic amines) is 1. The molecule has 1 N–H and O–H groups in total. The number of ether oxygens (including phenoxy) is 1. The summed E-state index contributed by atoms with van der Waals surface area (Å²) in [6.45, 7) is 9.12. The molecule has 2 heterocycles. The summed E-state index contributed by atoms with van der Waals surface area (Å²) in [4.78, 5) is 14.6. The highest BCUT2D eigenvalue weighted by atomic mass is 16.5. The van der Waals surface area contributed by atoms with Crippen molar-refractivity contribution in [3.63, 3.8) is 0 Å². The summed E-state index contributed by atoms with van der Waals surface area (Å²) in [5.41, 5.74) is 3.37. The number of aromatic nitrogens is 2. The van der Waals surface area contributed by atoms with E-state index in [4.69, 9.17) is 4.74 Å². The number of benzene rings is 1. The molecule has 0 amide bonds. The van der Waals surface area contributed by atoms with Crippen molar-refractivity contribution in [2.75, 3.05) is 26.7 Å². The van der Waals surface area contributed by atoms with Gasteiger partial charge in [0.05, 0.1) is 19.2 Å². The molecule has 1 saturated heterocycles. The molecular formula is C22H29N3O3. The lowest BCUT2D eigenvalue weighted by atomic mass is 9.89. The van der Waals surface area contributed by atoms with Gasteiger partial charge in [0.1, 0.15) is 5.75 Å². The van der Waals surface area contributed by atoms with Gasteiger partial charge in [-0.05, 0) is 55.6 Å². The van der Waals surface area contributed by atoms with Gasteiger partial charge in [-0.3, -0.25) is 9.69 Å². The summed E-state index contributed by atoms with van der Waals surface area (Å²) in [6.07, 6.45) is 8.04. The number of piperidine rings is 1. The van der Waals surface area contributed by atoms with Crippen molar-refractivity contribution in [2.24, 2.45) is 0 Å². The SMILES string of the molecule is C=C(CN1CCCCC1)n1cc(-c2cc(O)ccc2C(CC)C(=O)OC)cn1. The molecule has 0 saturated carbocycles. The van der Waals surface area contributed by atoms with Gasteiger partial charge in [-0.2, -0.15) is 5.10 Å². The van der Waals surface area contributed by atoms with Gasteiger partial charge in [-0.1, -0.05) is 26.0 Å². The van der Waals surface area contributed by atoms with Gasteiger partial charge in [0.2, 0.25) is 0 Å². The number of rotatable bonds is 7. The van der Waals surface area contributed by atoms with Gasteiger partial charge >= 0.3 is 5.97 Å². The van der Waals surface area contributed by atoms with Gasteiger partial charge in [-0.15, -0.1) is 0 Å². The molecule has 1 fully saturated rings. The molecular weight excluding hydrogens is 354 g/mol. The minimum Gasteiger partial charge on any atom is -0.508 e. The molecule has 1 atom stereocenters. The van der Waals surface area contributed by atoms with Crippen molar-refractivity contribution in [1.82, 2.24) is 14.7 Å². The molecule has 6 nitrogen and oxygen atoms in total. The van der Waals surface area contributed by atoms with Crippen LogP contribution in [0, 0.1) is 0 Å². The first-order chi connectivity index (χ1) is 13.5. The molecule has 3 rings (SSSR count). The van der Waals surface area contributed by atoms with Gasteiger partial charge in [0.25, 0.3) is 0 Å². The third-order valence-electron chi connectivity index (χ3n) is 5.38. The lowest BCUT2D eigenvalue weighted by Gasteiger charge is -2.26. The zero-order valence-electron chi connectivity index (χ0n) is 16.7. The van der Waals surface area contributed by atoms with Crippen molar-refractivity contribution < 1.29 is 14.6 Å². The summed E-state index contributed by atoms with van der Waals surface area (Å²) >= 11 is 0. The van der Waals surface area contributed by atoms with E-state index in [9.17, 15) is 9.90 Å². The Bertz CT molecular complexity index is 837. The molecule has 0 radical (unpaired) electrons. The number of aromatic hydroxyl groups is 1. The van der Waals surface area contributed by atoms with E-state index in [0.717, 1.165) is 42.0 Å². The van der Waals surface area contributed by atoms with Crippen LogP contribution in [0.2, 0.25) is 0 Å². The Kier molecular flexibility index (Phi) is 6.52. The number of phenolic OH excluding ortho intramolecular Hbond substituents is 1. The van der Waals surface area contributed by atoms with Gasteiger partial charge in [0, 0.05) is 24.0 Å². The molecule has 1 aromatic carbocycles. The molecule has 1 unspecified atom stereocenters. The first-order valence-electron chi connectivity index (χ1n) is 9.89. The highest BCUT2D eigenvalue weighted by molar-refractivity contribution is 5.82. The van der Waals surface area contributed by atoms with Crippen molar-refractivity contribution in [3.05, 3.63) is 42.7 Å². The smallest absolute Gasteiger partial charge is 0.313 e. The monoisotopic (exact) mass is 383 g/mol. The van der Waals surface area contributed by atoms with Crippen molar-refractivity contribution in [2.45, 2.75) is 38.5 Å². The Hall–Kier alpha value is -2.60. The number of hydrogen-bond donors (Lipinski definition) is 1. The second-order valence-corrected chi connectivity index (χ2v) is 7.33. The molecule has 150 valence electrons. The average molecular weight is 383 g/mol. The predicted octanol–water partition coefficient (Wildman–Crippen LogP) is 3.88. The third kappa shape index (κ3) is 4.44. The van der Waals surface area contributed by atoms with Crippen LogP contribution >= 0.6 is 0 Å². The van der Waals surface area contributed by atoms with Gasteiger partial charge in [-0.25, -0.2) is 4.68 Å². The maximum Gasteiger partial charge on any atom is 0.313 e. The van der Waals surface area contributed by atoms with E-state index in [0.29, 0.717) is 6.42 Å². The van der Waals surface area contributed by atoms with E-state index >= 15 is 0 Å². The molecule has 0 bridgehead atoms. The number of esters is 1. The molecule has 1 aliphatic rings. The minimum atomic E-state index is -0.388. The van der Waals surface area contributed by atoms with Crippen LogP contribution in [0.15, 0.2) is 37.2 Å². The van der Waals surface area contributed by atoms with Crippen LogP contribution < -0.4 is 0 Å². The summed E-state index contributed by atoms with van der Waals surface area (Å²) in [6, 6.07) is 5.06. The van der Waals surface area contributed by atoms with E-state index < -0.39 is 0 Å². The van der Waals surface area contributed by atoms with Crippen molar-refractivity contribution in [1.29, 1.82) is 0 Å². The first kappa shape index (κ1) is 20.1. The first-order valence-corrected chi connectivity index (χ1v) is 9.89. The molecule has 6 heteroatoms. The number of hydrogen-bond acceptors (Lipinski definition) is 5. The van der Waals surface area contributed by atoms with Crippen LogP contribution in [-0.4, -0.2) is 52.5 Å². The van der Waals surface area contributed by atoms with Crippen molar-refractivity contribution in [3.8, 4) is 16.9 Å². The minimum absolute atomic E-state index is 0.151. The number of carbonyl (C=O) groups is 1. The second-order valence-electron chi connectivity index (χ2n) is 7.33. The lowest BCUT2D eigenvalue weighted by Crippen LogP contribution is -2.31. The standard InChI is InChI=1S/C22H29N3O3/c1-4-19(22(27)28-3)20-9-8-18(26)12-21(20)17-13-23-25(15-17)16(2)14-24-10-6-5-7-11-24/h8-9,12-13,15,19,26H,2,4-7,10-11,14H2,1,3H3. The molecule has 0 aliphatic carbocycles. The Labute approximate surface area is 166 Å². The number of phenols is 1. The quantitative estimate of drug-likeness (QED) is 0.735. The maximum atomic E-state index is 12.2. The Balaban J connectivity index is 1.86. The largest absolute Gasteiger partial charge is 0.508 e. The lowest BCUT2D eigenvalue weighted by molar-refractivity contribution is -0.142. The third-order valence-corrected chi connectivity index (χ3v) is 5.38. The highest BCUT2D eigenvalue weighted by Crippen LogP contribution is 2.34. The normalized spacial score (nSPS) is 15.9. The number of nitrogens with zero attached hydrogens (tertiary/aromatic N) is 3. The maximum absolute atomic E-state index is 12.2. The zero-order chi connectivity index (χ0) is 20.1. The van der Waals surface area contributed by atoms with E-state index in [-0.39, 0.29) is 17.6 Å². The van der Waals surface area contributed by atoms with E-state index in [1.54, 1.807) is 29.1 Å². The van der Waals surface area contributed by atoms with E-state index in [2.05, 4.69) is 16.6 Å². The van der Waals surface area contributed by atoms with E-state index in [1.165, 1.54) is 26.4 Å². The molecule has 1 aromatic heterocycles. The van der Waals surface area contributed by atoms with Crippen LogP contribution in [0.3, 0.4) is 0 Å². The Morgan fingerprint density at radius 3 is 2.75 bits per heavy atom. The van der Waals surface area contributed by atoms with Crippen molar-refractivity contribution >= 4 is 11.7 Å². The number of methoxy groups -OCH3 is 1. The summed E-state index contributed by atoms with van der Waals surface area (Å²) in [5.74, 6) is -0.518. The van der Waals surface area contributed by atoms with Crippen LogP contribution in [-0.2, 0) is 9.53 Å². The average Bonchev–Trinajstić information content (AvgIpc) is 3.20. The molecule has 28 heavy (non-hydrogen) atoms. The van der Waals surface area contributed by atoms with Crippen LogP contribution in [0.25, 0.3) is 16.8 Å². The van der Waals surface area contributed by atoms with Crippen LogP contribution in [0.4, 0.5) is 0 Å². The summed E-state index contributed by atoms with van der Waals surface area (Å²) < 4.78 is 6.75. The number of carbonyl (C=O) groups excluding carboxylic acids is 1. The summed E-state index contributed by atoms with van der Waals surface area (Å²) in [7, 11) is 1.40. The fourth-order valence-electron chi connectivity index (χ4n) is 3.84. The Morgan fingerprint density at radius 1 is 1.32 bits per heavy atom. The fourth-order valence-corrected chi connectivity index (χ4v) is 3.84. The fraction of sp³-hybridized carbons (Fsp3) is 0.455. The van der Waals surface area contributed by atoms with E-state index in [1.807, 2.05) is 13.1 Å². The molecule has 1 aliphatic heterocycles. The highest BCUT2D eigenvalue weighted by Gasteiger charge is 2.24. The molecule has 2 aromatic rings. The second kappa shape index (κ2) is 9.06. The van der Waals surface area contributed by atoms with Gasteiger partial charge < -0.3 is 9.84 Å². The summed E-state index contributed by atoms with van der Waals surface area (Å²) in [5, 5.41) is 14.5.